The van der Waals surface area contributed by atoms with Crippen molar-refractivity contribution in [1.29, 1.82) is 0 Å². The standard InChI is InChI=1S/C16H14Br2F2O/c17-12-3-1-2-10(7-12)6-11(9-21)8-13-15(19)5-4-14(18)16(13)20/h1-5,7,11,21H,6,8-9H2. The van der Waals surface area contributed by atoms with Crippen LogP contribution in [0.5, 0.6) is 0 Å². The number of rotatable bonds is 5. The van der Waals surface area contributed by atoms with Gasteiger partial charge >= 0.3 is 0 Å². The molecule has 2 rings (SSSR count). The monoisotopic (exact) mass is 418 g/mol. The second-order valence-corrected chi connectivity index (χ2v) is 6.68. The van der Waals surface area contributed by atoms with Crippen molar-refractivity contribution in [3.05, 3.63) is 68.1 Å². The Morgan fingerprint density at radius 1 is 1.05 bits per heavy atom. The van der Waals surface area contributed by atoms with Crippen LogP contribution in [0, 0.1) is 17.6 Å². The first-order chi connectivity index (χ1) is 10.0. The Morgan fingerprint density at radius 3 is 2.48 bits per heavy atom. The first-order valence-corrected chi connectivity index (χ1v) is 8.07. The molecule has 0 spiro atoms. The molecule has 0 saturated heterocycles. The van der Waals surface area contributed by atoms with E-state index in [2.05, 4.69) is 31.9 Å². The minimum absolute atomic E-state index is 0.0124. The highest BCUT2D eigenvalue weighted by Crippen LogP contribution is 2.25. The number of aliphatic hydroxyl groups is 1. The molecule has 0 radical (unpaired) electrons. The van der Waals surface area contributed by atoms with E-state index in [1.54, 1.807) is 0 Å². The fourth-order valence-electron chi connectivity index (χ4n) is 2.24. The van der Waals surface area contributed by atoms with Gasteiger partial charge in [0, 0.05) is 16.6 Å². The zero-order chi connectivity index (χ0) is 15.4. The van der Waals surface area contributed by atoms with Crippen LogP contribution in [0.4, 0.5) is 8.78 Å². The average molecular weight is 420 g/mol. The molecule has 0 bridgehead atoms. The highest BCUT2D eigenvalue weighted by molar-refractivity contribution is 9.10. The summed E-state index contributed by atoms with van der Waals surface area (Å²) < 4.78 is 28.9. The molecule has 0 aromatic heterocycles. The van der Waals surface area contributed by atoms with E-state index in [0.717, 1.165) is 10.0 Å². The van der Waals surface area contributed by atoms with Crippen LogP contribution in [0.2, 0.25) is 0 Å². The van der Waals surface area contributed by atoms with Crippen molar-refractivity contribution < 1.29 is 13.9 Å². The fraction of sp³-hybridized carbons (Fsp3) is 0.250. The highest BCUT2D eigenvalue weighted by Gasteiger charge is 2.18. The number of hydrogen-bond donors (Lipinski definition) is 1. The van der Waals surface area contributed by atoms with Crippen molar-refractivity contribution in [1.82, 2.24) is 0 Å². The maximum atomic E-state index is 14.0. The molecule has 1 unspecified atom stereocenters. The third kappa shape index (κ3) is 4.34. The molecule has 0 aliphatic rings. The molecule has 2 aromatic rings. The van der Waals surface area contributed by atoms with E-state index in [-0.39, 0.29) is 29.0 Å². The van der Waals surface area contributed by atoms with Crippen LogP contribution < -0.4 is 0 Å². The lowest BCUT2D eigenvalue weighted by Gasteiger charge is -2.16. The molecule has 0 aliphatic heterocycles. The highest BCUT2D eigenvalue weighted by atomic mass is 79.9. The van der Waals surface area contributed by atoms with Crippen LogP contribution in [-0.2, 0) is 12.8 Å². The van der Waals surface area contributed by atoms with Crippen LogP contribution in [0.25, 0.3) is 0 Å². The number of hydrogen-bond acceptors (Lipinski definition) is 1. The smallest absolute Gasteiger partial charge is 0.143 e. The van der Waals surface area contributed by atoms with Crippen molar-refractivity contribution >= 4 is 31.9 Å². The largest absolute Gasteiger partial charge is 0.396 e. The summed E-state index contributed by atoms with van der Waals surface area (Å²) in [6.07, 6.45) is 0.710. The zero-order valence-electron chi connectivity index (χ0n) is 11.1. The maximum Gasteiger partial charge on any atom is 0.143 e. The number of aliphatic hydroxyl groups excluding tert-OH is 1. The summed E-state index contributed by atoms with van der Waals surface area (Å²) in [5, 5.41) is 9.50. The van der Waals surface area contributed by atoms with E-state index in [1.807, 2.05) is 24.3 Å². The summed E-state index contributed by atoms with van der Waals surface area (Å²) in [7, 11) is 0. The van der Waals surface area contributed by atoms with E-state index in [4.69, 9.17) is 0 Å². The van der Waals surface area contributed by atoms with Crippen LogP contribution >= 0.6 is 31.9 Å². The van der Waals surface area contributed by atoms with Crippen LogP contribution in [-0.4, -0.2) is 11.7 Å². The quantitative estimate of drug-likeness (QED) is 0.684. The first kappa shape index (κ1) is 16.6. The molecule has 0 saturated carbocycles. The SMILES string of the molecule is OCC(Cc1cccc(Br)c1)Cc1c(F)ccc(Br)c1F. The topological polar surface area (TPSA) is 20.2 Å². The Labute approximate surface area is 139 Å². The second kappa shape index (κ2) is 7.47. The van der Waals surface area contributed by atoms with Gasteiger partial charge in [-0.15, -0.1) is 0 Å². The molecule has 1 N–H and O–H groups in total. The summed E-state index contributed by atoms with van der Waals surface area (Å²) in [4.78, 5) is 0. The molecule has 0 aliphatic carbocycles. The third-order valence-corrected chi connectivity index (χ3v) is 4.41. The average Bonchev–Trinajstić information content (AvgIpc) is 2.46. The summed E-state index contributed by atoms with van der Waals surface area (Å²) in [5.41, 5.74) is 1.03. The lowest BCUT2D eigenvalue weighted by molar-refractivity contribution is 0.223. The summed E-state index contributed by atoms with van der Waals surface area (Å²) >= 11 is 6.44. The van der Waals surface area contributed by atoms with Gasteiger partial charge in [0.25, 0.3) is 0 Å². The van der Waals surface area contributed by atoms with Crippen molar-refractivity contribution in [2.45, 2.75) is 12.8 Å². The van der Waals surface area contributed by atoms with Gasteiger partial charge in [-0.25, -0.2) is 8.78 Å². The number of halogens is 4. The van der Waals surface area contributed by atoms with Crippen LogP contribution in [0.3, 0.4) is 0 Å². The van der Waals surface area contributed by atoms with Gasteiger partial charge in [0.1, 0.15) is 11.6 Å². The fourth-order valence-corrected chi connectivity index (χ4v) is 3.06. The van der Waals surface area contributed by atoms with Crippen LogP contribution in [0.1, 0.15) is 11.1 Å². The molecule has 1 atom stereocenters. The second-order valence-electron chi connectivity index (χ2n) is 4.91. The van der Waals surface area contributed by atoms with E-state index in [1.165, 1.54) is 12.1 Å². The Hall–Kier alpha value is -0.780. The van der Waals surface area contributed by atoms with Gasteiger partial charge in [0.2, 0.25) is 0 Å². The normalized spacial score (nSPS) is 12.4. The Kier molecular flexibility index (Phi) is 5.90. The van der Waals surface area contributed by atoms with Gasteiger partial charge in [-0.3, -0.25) is 0 Å². The van der Waals surface area contributed by atoms with Crippen molar-refractivity contribution in [3.63, 3.8) is 0 Å². The molecule has 0 heterocycles. The van der Waals surface area contributed by atoms with E-state index >= 15 is 0 Å². The molecule has 0 fully saturated rings. The molecule has 0 amide bonds. The van der Waals surface area contributed by atoms with Gasteiger partial charge in [-0.1, -0.05) is 28.1 Å². The Balaban J connectivity index is 2.18. The van der Waals surface area contributed by atoms with E-state index < -0.39 is 11.6 Å². The first-order valence-electron chi connectivity index (χ1n) is 6.49. The summed E-state index contributed by atoms with van der Waals surface area (Å²) in [6.45, 7) is -0.127. The molecule has 5 heteroatoms. The zero-order valence-corrected chi connectivity index (χ0v) is 14.3. The summed E-state index contributed by atoms with van der Waals surface area (Å²) in [5.74, 6) is -1.41. The van der Waals surface area contributed by atoms with E-state index in [0.29, 0.717) is 6.42 Å². The Bertz CT molecular complexity index is 632. The maximum absolute atomic E-state index is 14.0. The molecular formula is C16H14Br2F2O. The van der Waals surface area contributed by atoms with Gasteiger partial charge < -0.3 is 5.11 Å². The van der Waals surface area contributed by atoms with Gasteiger partial charge in [-0.2, -0.15) is 0 Å². The van der Waals surface area contributed by atoms with Crippen molar-refractivity contribution in [2.75, 3.05) is 6.61 Å². The molecule has 21 heavy (non-hydrogen) atoms. The minimum atomic E-state index is -0.595. The van der Waals surface area contributed by atoms with Crippen molar-refractivity contribution in [2.24, 2.45) is 5.92 Å². The molecule has 2 aromatic carbocycles. The van der Waals surface area contributed by atoms with Crippen LogP contribution in [0.15, 0.2) is 45.3 Å². The van der Waals surface area contributed by atoms with Gasteiger partial charge in [-0.05, 0) is 64.5 Å². The third-order valence-electron chi connectivity index (χ3n) is 3.30. The molecule has 112 valence electrons. The summed E-state index contributed by atoms with van der Waals surface area (Å²) in [6, 6.07) is 10.3. The molecule has 1 nitrogen and oxygen atoms in total. The van der Waals surface area contributed by atoms with E-state index in [9.17, 15) is 13.9 Å². The van der Waals surface area contributed by atoms with Gasteiger partial charge in [0.15, 0.2) is 0 Å². The lowest BCUT2D eigenvalue weighted by Crippen LogP contribution is -2.15. The lowest BCUT2D eigenvalue weighted by atomic mass is 9.93. The minimum Gasteiger partial charge on any atom is -0.396 e. The Morgan fingerprint density at radius 2 is 1.81 bits per heavy atom. The predicted octanol–water partition coefficient (Wildman–Crippen LogP) is 4.88. The predicted molar refractivity (Wildman–Crippen MR) is 86.2 cm³/mol. The molecular weight excluding hydrogens is 406 g/mol. The number of benzene rings is 2. The van der Waals surface area contributed by atoms with Gasteiger partial charge in [0.05, 0.1) is 4.47 Å². The van der Waals surface area contributed by atoms with Crippen molar-refractivity contribution in [3.8, 4) is 0 Å².